The summed E-state index contributed by atoms with van der Waals surface area (Å²) in [6.07, 6.45) is 0.455. The van der Waals surface area contributed by atoms with Crippen LogP contribution in [0.2, 0.25) is 10.0 Å². The highest BCUT2D eigenvalue weighted by Crippen LogP contribution is 2.30. The fraction of sp³-hybridized carbons (Fsp3) is 0.125. The summed E-state index contributed by atoms with van der Waals surface area (Å²) in [4.78, 5) is 0. The Bertz CT molecular complexity index is 800. The topological polar surface area (TPSA) is 39.2 Å². The summed E-state index contributed by atoms with van der Waals surface area (Å²) in [6.45, 7) is 0. The van der Waals surface area contributed by atoms with Crippen LogP contribution in [0.25, 0.3) is 11.0 Å². The van der Waals surface area contributed by atoms with Crippen LogP contribution < -0.4 is 5.73 Å². The first kappa shape index (κ1) is 14.4. The molecule has 108 valence electrons. The molecule has 21 heavy (non-hydrogen) atoms. The lowest BCUT2D eigenvalue weighted by Gasteiger charge is -2.10. The minimum atomic E-state index is -0.378. The Balaban J connectivity index is 1.90. The molecule has 0 aliphatic carbocycles. The van der Waals surface area contributed by atoms with Gasteiger partial charge in [0.1, 0.15) is 11.6 Å². The number of fused-ring (bicyclic) bond motifs is 1. The van der Waals surface area contributed by atoms with Gasteiger partial charge in [0.15, 0.2) is 5.58 Å². The van der Waals surface area contributed by atoms with Crippen molar-refractivity contribution < 1.29 is 8.81 Å². The normalized spacial score (nSPS) is 12.8. The molecule has 0 aliphatic heterocycles. The number of furan rings is 1. The number of para-hydroxylation sites is 1. The van der Waals surface area contributed by atoms with Gasteiger partial charge in [-0.25, -0.2) is 4.39 Å². The van der Waals surface area contributed by atoms with Crippen LogP contribution in [0.5, 0.6) is 0 Å². The summed E-state index contributed by atoms with van der Waals surface area (Å²) in [6, 6.07) is 11.3. The van der Waals surface area contributed by atoms with Gasteiger partial charge in [-0.1, -0.05) is 41.4 Å². The minimum absolute atomic E-state index is 0.361. The Morgan fingerprint density at radius 1 is 1.10 bits per heavy atom. The van der Waals surface area contributed by atoms with Crippen LogP contribution in [0.1, 0.15) is 17.4 Å². The van der Waals surface area contributed by atoms with Crippen molar-refractivity contribution in [3.8, 4) is 0 Å². The predicted octanol–water partition coefficient (Wildman–Crippen LogP) is 5.12. The SMILES string of the molecule is NC(Cc1ccc(F)cc1Cl)c1cc2cccc(Cl)c2o1. The third kappa shape index (κ3) is 2.91. The molecular formula is C16H12Cl2FNO. The minimum Gasteiger partial charge on any atom is -0.458 e. The highest BCUT2D eigenvalue weighted by Gasteiger charge is 2.15. The van der Waals surface area contributed by atoms with E-state index >= 15 is 0 Å². The summed E-state index contributed by atoms with van der Waals surface area (Å²) in [7, 11) is 0. The Labute approximate surface area is 131 Å². The van der Waals surface area contributed by atoms with Crippen molar-refractivity contribution >= 4 is 34.2 Å². The Morgan fingerprint density at radius 3 is 2.62 bits per heavy atom. The van der Waals surface area contributed by atoms with Gasteiger partial charge in [-0.2, -0.15) is 0 Å². The average Bonchev–Trinajstić information content (AvgIpc) is 2.87. The lowest BCUT2D eigenvalue weighted by molar-refractivity contribution is 0.494. The molecule has 2 N–H and O–H groups in total. The van der Waals surface area contributed by atoms with Crippen LogP contribution in [0, 0.1) is 5.82 Å². The fourth-order valence-corrected chi connectivity index (χ4v) is 2.72. The van der Waals surface area contributed by atoms with Crippen molar-refractivity contribution in [3.05, 3.63) is 69.7 Å². The highest BCUT2D eigenvalue weighted by atomic mass is 35.5. The van der Waals surface area contributed by atoms with Crippen molar-refractivity contribution in [2.24, 2.45) is 5.73 Å². The average molecular weight is 324 g/mol. The number of benzene rings is 2. The van der Waals surface area contributed by atoms with Crippen molar-refractivity contribution in [1.82, 2.24) is 0 Å². The van der Waals surface area contributed by atoms with E-state index in [0.29, 0.717) is 27.8 Å². The summed E-state index contributed by atoms with van der Waals surface area (Å²) < 4.78 is 18.8. The van der Waals surface area contributed by atoms with Gasteiger partial charge < -0.3 is 10.2 Å². The zero-order valence-corrected chi connectivity index (χ0v) is 12.5. The van der Waals surface area contributed by atoms with E-state index in [9.17, 15) is 4.39 Å². The molecule has 2 aromatic carbocycles. The molecule has 0 spiro atoms. The van der Waals surface area contributed by atoms with E-state index in [1.165, 1.54) is 12.1 Å². The maximum Gasteiger partial charge on any atom is 0.152 e. The van der Waals surface area contributed by atoms with Crippen molar-refractivity contribution in [2.45, 2.75) is 12.5 Å². The molecule has 3 aromatic rings. The fourth-order valence-electron chi connectivity index (χ4n) is 2.25. The number of rotatable bonds is 3. The van der Waals surface area contributed by atoms with E-state index in [0.717, 1.165) is 10.9 Å². The standard InChI is InChI=1S/C16H12Cl2FNO/c17-12-3-1-2-10-7-15(21-16(10)12)14(20)6-9-4-5-11(19)8-13(9)18/h1-5,7-8,14H,6,20H2. The summed E-state index contributed by atoms with van der Waals surface area (Å²) in [5, 5.41) is 1.81. The monoisotopic (exact) mass is 323 g/mol. The Morgan fingerprint density at radius 2 is 1.90 bits per heavy atom. The third-order valence-corrected chi connectivity index (χ3v) is 3.98. The maximum atomic E-state index is 13.0. The molecule has 0 saturated heterocycles. The van der Waals surface area contributed by atoms with Crippen LogP contribution in [0.3, 0.4) is 0 Å². The smallest absolute Gasteiger partial charge is 0.152 e. The number of hydrogen-bond acceptors (Lipinski definition) is 2. The first-order valence-corrected chi connectivity index (χ1v) is 7.17. The van der Waals surface area contributed by atoms with E-state index in [4.69, 9.17) is 33.4 Å². The summed E-state index contributed by atoms with van der Waals surface area (Å²) in [5.41, 5.74) is 7.55. The second-order valence-electron chi connectivity index (χ2n) is 4.85. The van der Waals surface area contributed by atoms with E-state index < -0.39 is 0 Å². The first-order valence-electron chi connectivity index (χ1n) is 6.42. The van der Waals surface area contributed by atoms with Gasteiger partial charge >= 0.3 is 0 Å². The van der Waals surface area contributed by atoms with Gasteiger partial charge in [0.25, 0.3) is 0 Å². The molecule has 0 fully saturated rings. The molecule has 0 saturated carbocycles. The Kier molecular flexibility index (Phi) is 3.89. The highest BCUT2D eigenvalue weighted by molar-refractivity contribution is 6.34. The second-order valence-corrected chi connectivity index (χ2v) is 5.67. The molecule has 5 heteroatoms. The van der Waals surface area contributed by atoms with Crippen LogP contribution >= 0.6 is 23.2 Å². The van der Waals surface area contributed by atoms with Crippen molar-refractivity contribution in [1.29, 1.82) is 0 Å². The zero-order valence-electron chi connectivity index (χ0n) is 10.9. The van der Waals surface area contributed by atoms with E-state index in [1.807, 2.05) is 18.2 Å². The molecule has 1 unspecified atom stereocenters. The molecule has 0 amide bonds. The lowest BCUT2D eigenvalue weighted by Crippen LogP contribution is -2.12. The van der Waals surface area contributed by atoms with Gasteiger partial charge in [0.05, 0.1) is 11.1 Å². The predicted molar refractivity (Wildman–Crippen MR) is 83.3 cm³/mol. The van der Waals surface area contributed by atoms with Crippen LogP contribution in [-0.2, 0) is 6.42 Å². The van der Waals surface area contributed by atoms with Gasteiger partial charge in [0.2, 0.25) is 0 Å². The zero-order chi connectivity index (χ0) is 15.0. The van der Waals surface area contributed by atoms with Crippen LogP contribution in [0.15, 0.2) is 46.9 Å². The first-order chi connectivity index (χ1) is 10.0. The molecule has 2 nitrogen and oxygen atoms in total. The quantitative estimate of drug-likeness (QED) is 0.726. The molecule has 3 rings (SSSR count). The molecule has 1 aromatic heterocycles. The summed E-state index contributed by atoms with van der Waals surface area (Å²) in [5.74, 6) is 0.256. The van der Waals surface area contributed by atoms with Gasteiger partial charge in [-0.05, 0) is 36.2 Å². The molecule has 0 bridgehead atoms. The van der Waals surface area contributed by atoms with Crippen molar-refractivity contribution in [3.63, 3.8) is 0 Å². The summed E-state index contributed by atoms with van der Waals surface area (Å²) >= 11 is 12.1. The van der Waals surface area contributed by atoms with Crippen LogP contribution in [-0.4, -0.2) is 0 Å². The number of hydrogen-bond donors (Lipinski definition) is 1. The number of halogens is 3. The molecular weight excluding hydrogens is 312 g/mol. The number of nitrogens with two attached hydrogens (primary N) is 1. The lowest BCUT2D eigenvalue weighted by atomic mass is 10.0. The molecule has 0 aliphatic rings. The Hall–Kier alpha value is -1.55. The van der Waals surface area contributed by atoms with Gasteiger partial charge in [-0.3, -0.25) is 0 Å². The molecule has 1 atom stereocenters. The third-order valence-electron chi connectivity index (χ3n) is 3.34. The van der Waals surface area contributed by atoms with Gasteiger partial charge in [-0.15, -0.1) is 0 Å². The molecule has 0 radical (unpaired) electrons. The van der Waals surface area contributed by atoms with E-state index in [-0.39, 0.29) is 11.9 Å². The molecule has 1 heterocycles. The van der Waals surface area contributed by atoms with E-state index in [1.54, 1.807) is 12.1 Å². The maximum absolute atomic E-state index is 13.0. The van der Waals surface area contributed by atoms with Crippen molar-refractivity contribution in [2.75, 3.05) is 0 Å². The van der Waals surface area contributed by atoms with Gasteiger partial charge in [0, 0.05) is 10.4 Å². The van der Waals surface area contributed by atoms with Crippen LogP contribution in [0.4, 0.5) is 4.39 Å². The largest absolute Gasteiger partial charge is 0.458 e. The second kappa shape index (κ2) is 5.68. The van der Waals surface area contributed by atoms with E-state index in [2.05, 4.69) is 0 Å².